The van der Waals surface area contributed by atoms with Gasteiger partial charge >= 0.3 is 5.97 Å². The van der Waals surface area contributed by atoms with E-state index in [4.69, 9.17) is 0 Å². The molecule has 35 heavy (non-hydrogen) atoms. The number of carboxylic acid groups (broad SMARTS) is 1. The third kappa shape index (κ3) is 3.26. The summed E-state index contributed by atoms with van der Waals surface area (Å²) >= 11 is 0. The monoisotopic (exact) mass is 482 g/mol. The standard InChI is InChI=1S/C26H26O9/c27-15-8-4-7-12-13(9-11-5-2-1-3-6-11)18-20(22(30)17(12)15)24(32)26(35)14(21(18)29)10-16(28)19(23(26)31)25(33)34/h1-8,13-14,18-21,23-24,27,29,31-32,35H,9-10H2,(H,33,34). The van der Waals surface area contributed by atoms with E-state index in [-0.39, 0.29) is 11.3 Å². The third-order valence-corrected chi connectivity index (χ3v) is 8.24. The molecule has 3 aliphatic carbocycles. The van der Waals surface area contributed by atoms with Gasteiger partial charge in [-0.05, 0) is 29.5 Å². The van der Waals surface area contributed by atoms with Crippen LogP contribution in [0.2, 0.25) is 0 Å². The number of aliphatic hydroxyl groups is 4. The van der Waals surface area contributed by atoms with E-state index in [1.165, 1.54) is 6.07 Å². The van der Waals surface area contributed by atoms with Gasteiger partial charge < -0.3 is 30.6 Å². The predicted octanol–water partition coefficient (Wildman–Crippen LogP) is 0.264. The number of phenols is 1. The second-order valence-electron chi connectivity index (χ2n) is 9.87. The minimum Gasteiger partial charge on any atom is -0.507 e. The van der Waals surface area contributed by atoms with Crippen LogP contribution in [0.1, 0.15) is 33.8 Å². The number of carbonyl (C=O) groups excluding carboxylic acids is 2. The number of aromatic hydroxyl groups is 1. The van der Waals surface area contributed by atoms with Crippen LogP contribution in [0, 0.1) is 23.7 Å². The van der Waals surface area contributed by atoms with Crippen molar-refractivity contribution in [2.45, 2.75) is 42.7 Å². The Balaban J connectivity index is 1.67. The normalized spacial score (nSPS) is 38.3. The van der Waals surface area contributed by atoms with E-state index in [2.05, 4.69) is 0 Å². The molecule has 6 N–H and O–H groups in total. The molecule has 0 spiro atoms. The molecule has 9 heteroatoms. The highest BCUT2D eigenvalue weighted by molar-refractivity contribution is 6.04. The van der Waals surface area contributed by atoms with E-state index in [1.807, 2.05) is 30.3 Å². The van der Waals surface area contributed by atoms with Gasteiger partial charge in [0.2, 0.25) is 0 Å². The number of carbonyl (C=O) groups is 3. The zero-order chi connectivity index (χ0) is 25.2. The van der Waals surface area contributed by atoms with Gasteiger partial charge in [0.25, 0.3) is 0 Å². The number of hydrogen-bond donors (Lipinski definition) is 6. The number of ketones is 2. The summed E-state index contributed by atoms with van der Waals surface area (Å²) in [5.41, 5.74) is -1.32. The Labute approximate surface area is 200 Å². The number of hydrogen-bond acceptors (Lipinski definition) is 8. The number of phenolic OH excluding ortho intramolecular Hbond substituents is 1. The van der Waals surface area contributed by atoms with E-state index >= 15 is 0 Å². The first-order chi connectivity index (χ1) is 16.6. The van der Waals surface area contributed by atoms with Crippen LogP contribution in [0.3, 0.4) is 0 Å². The van der Waals surface area contributed by atoms with Gasteiger partial charge in [0.1, 0.15) is 29.2 Å². The Morgan fingerprint density at radius 1 is 0.971 bits per heavy atom. The maximum Gasteiger partial charge on any atom is 0.316 e. The van der Waals surface area contributed by atoms with Gasteiger partial charge in [-0.25, -0.2) is 0 Å². The highest BCUT2D eigenvalue weighted by atomic mass is 16.4. The van der Waals surface area contributed by atoms with E-state index in [9.17, 15) is 45.0 Å². The molecule has 2 saturated carbocycles. The van der Waals surface area contributed by atoms with Crippen molar-refractivity contribution in [3.8, 4) is 5.75 Å². The highest BCUT2D eigenvalue weighted by Crippen LogP contribution is 2.56. The van der Waals surface area contributed by atoms with Crippen molar-refractivity contribution in [1.82, 2.24) is 0 Å². The van der Waals surface area contributed by atoms with Gasteiger partial charge in [0.05, 0.1) is 23.7 Å². The molecule has 2 aromatic rings. The highest BCUT2D eigenvalue weighted by Gasteiger charge is 2.69. The average molecular weight is 482 g/mol. The van der Waals surface area contributed by atoms with E-state index in [0.29, 0.717) is 12.0 Å². The quantitative estimate of drug-likeness (QED) is 0.336. The smallest absolute Gasteiger partial charge is 0.316 e. The van der Waals surface area contributed by atoms with Crippen molar-refractivity contribution in [3.05, 3.63) is 65.2 Å². The van der Waals surface area contributed by atoms with E-state index in [1.54, 1.807) is 12.1 Å². The molecule has 2 fully saturated rings. The molecule has 0 aliphatic heterocycles. The summed E-state index contributed by atoms with van der Waals surface area (Å²) in [4.78, 5) is 37.9. The van der Waals surface area contributed by atoms with Crippen LogP contribution in [-0.4, -0.2) is 72.1 Å². The average Bonchev–Trinajstić information content (AvgIpc) is 2.81. The first-order valence-electron chi connectivity index (χ1n) is 11.5. The van der Waals surface area contributed by atoms with Gasteiger partial charge in [0, 0.05) is 18.3 Å². The van der Waals surface area contributed by atoms with Gasteiger partial charge in [-0.15, -0.1) is 0 Å². The second-order valence-corrected chi connectivity index (χ2v) is 9.87. The lowest BCUT2D eigenvalue weighted by Gasteiger charge is -2.59. The number of aliphatic hydroxyl groups excluding tert-OH is 3. The molecule has 9 nitrogen and oxygen atoms in total. The first-order valence-corrected chi connectivity index (χ1v) is 11.5. The number of fused-ring (bicyclic) bond motifs is 3. The molecule has 0 amide bonds. The zero-order valence-corrected chi connectivity index (χ0v) is 18.6. The predicted molar refractivity (Wildman–Crippen MR) is 120 cm³/mol. The Morgan fingerprint density at radius 2 is 1.66 bits per heavy atom. The van der Waals surface area contributed by atoms with Crippen LogP contribution < -0.4 is 0 Å². The molecule has 0 radical (unpaired) electrons. The zero-order valence-electron chi connectivity index (χ0n) is 18.6. The van der Waals surface area contributed by atoms with E-state index < -0.39 is 77.5 Å². The Hall–Kier alpha value is -3.11. The lowest BCUT2D eigenvalue weighted by atomic mass is 9.49. The molecule has 184 valence electrons. The van der Waals surface area contributed by atoms with Crippen molar-refractivity contribution in [3.63, 3.8) is 0 Å². The number of benzene rings is 2. The van der Waals surface area contributed by atoms with Gasteiger partial charge in [-0.3, -0.25) is 14.4 Å². The second kappa shape index (κ2) is 8.23. The van der Waals surface area contributed by atoms with Crippen LogP contribution in [0.5, 0.6) is 5.75 Å². The van der Waals surface area contributed by atoms with Gasteiger partial charge in [-0.2, -0.15) is 0 Å². The summed E-state index contributed by atoms with van der Waals surface area (Å²) in [6.45, 7) is 0. The van der Waals surface area contributed by atoms with Crippen LogP contribution in [-0.2, 0) is 16.0 Å². The van der Waals surface area contributed by atoms with Crippen molar-refractivity contribution in [2.75, 3.05) is 0 Å². The largest absolute Gasteiger partial charge is 0.507 e. The molecule has 5 rings (SSSR count). The van der Waals surface area contributed by atoms with Crippen LogP contribution in [0.15, 0.2) is 48.5 Å². The molecule has 3 aliphatic rings. The van der Waals surface area contributed by atoms with Gasteiger partial charge in [0.15, 0.2) is 5.78 Å². The van der Waals surface area contributed by atoms with Crippen LogP contribution in [0.25, 0.3) is 0 Å². The topological polar surface area (TPSA) is 173 Å². The Kier molecular flexibility index (Phi) is 5.56. The number of rotatable bonds is 3. The fourth-order valence-corrected chi connectivity index (χ4v) is 6.64. The van der Waals surface area contributed by atoms with Crippen LogP contribution in [0.4, 0.5) is 0 Å². The molecule has 0 aromatic heterocycles. The Morgan fingerprint density at radius 3 is 2.31 bits per heavy atom. The molecule has 0 bridgehead atoms. The number of carboxylic acids is 1. The summed E-state index contributed by atoms with van der Waals surface area (Å²) in [7, 11) is 0. The van der Waals surface area contributed by atoms with Gasteiger partial charge in [-0.1, -0.05) is 42.5 Å². The fraction of sp³-hybridized carbons (Fsp3) is 0.423. The lowest BCUT2D eigenvalue weighted by Crippen LogP contribution is -2.75. The maximum absolute atomic E-state index is 13.6. The third-order valence-electron chi connectivity index (χ3n) is 8.24. The first kappa shape index (κ1) is 23.6. The maximum atomic E-state index is 13.6. The van der Waals surface area contributed by atoms with Crippen molar-refractivity contribution in [1.29, 1.82) is 0 Å². The minimum atomic E-state index is -2.62. The van der Waals surface area contributed by atoms with Crippen molar-refractivity contribution < 1.29 is 45.0 Å². The minimum absolute atomic E-state index is 0.0425. The van der Waals surface area contributed by atoms with Crippen molar-refractivity contribution in [2.24, 2.45) is 23.7 Å². The fourth-order valence-electron chi connectivity index (χ4n) is 6.64. The summed E-state index contributed by atoms with van der Waals surface area (Å²) in [6, 6.07) is 13.8. The summed E-state index contributed by atoms with van der Waals surface area (Å²) in [6.07, 6.45) is -5.98. The van der Waals surface area contributed by atoms with Crippen LogP contribution >= 0.6 is 0 Å². The van der Waals surface area contributed by atoms with Crippen molar-refractivity contribution >= 4 is 17.5 Å². The molecule has 0 saturated heterocycles. The molecule has 0 heterocycles. The molecule has 2 aromatic carbocycles. The number of Topliss-reactive ketones (excluding diaryl/α,β-unsaturated/α-hetero) is 2. The SMILES string of the molecule is O=C(O)C1C(=O)CC2C(O)C3C(Cc4ccccc4)c4cccc(O)c4C(=O)C3C(O)C2(O)C1O. The molecule has 9 atom stereocenters. The summed E-state index contributed by atoms with van der Waals surface area (Å²) in [5.74, 6) is -9.96. The van der Waals surface area contributed by atoms with E-state index in [0.717, 1.165) is 5.56 Å². The summed E-state index contributed by atoms with van der Waals surface area (Å²) in [5, 5.41) is 65.2. The molecular weight excluding hydrogens is 456 g/mol. The molecular formula is C26H26O9. The lowest BCUT2D eigenvalue weighted by molar-refractivity contribution is -0.265. The number of aliphatic carboxylic acids is 1. The molecule has 9 unspecified atom stereocenters. The Bertz CT molecular complexity index is 1190. The summed E-state index contributed by atoms with van der Waals surface area (Å²) < 4.78 is 0.